The second kappa shape index (κ2) is 8.97. The van der Waals surface area contributed by atoms with Crippen LogP contribution in [0.25, 0.3) is 0 Å². The summed E-state index contributed by atoms with van der Waals surface area (Å²) in [6.07, 6.45) is -4.21. The molecule has 2 aromatic heterocycles. The largest absolute Gasteiger partial charge is 0.435 e. The number of nitrogens with one attached hydrogen (secondary N) is 2. The van der Waals surface area contributed by atoms with Crippen molar-refractivity contribution < 1.29 is 36.3 Å². The molecule has 11 nitrogen and oxygen atoms in total. The number of hydrogen-bond donors (Lipinski definition) is 2. The van der Waals surface area contributed by atoms with E-state index in [1.165, 1.54) is 7.05 Å². The second-order valence-electron chi connectivity index (χ2n) is 6.28. The van der Waals surface area contributed by atoms with Gasteiger partial charge in [-0.1, -0.05) is 16.7 Å². The van der Waals surface area contributed by atoms with Gasteiger partial charge in [-0.3, -0.25) is 19.6 Å². The highest BCUT2D eigenvalue weighted by Gasteiger charge is 2.39. The molecule has 176 valence electrons. The highest BCUT2D eigenvalue weighted by atomic mass is 35.5. The number of hydrogen-bond acceptors (Lipinski definition) is 7. The predicted octanol–water partition coefficient (Wildman–Crippen LogP) is 2.72. The quantitative estimate of drug-likeness (QED) is 0.504. The first-order valence-corrected chi connectivity index (χ1v) is 8.99. The molecule has 0 bridgehead atoms. The van der Waals surface area contributed by atoms with E-state index in [0.717, 1.165) is 34.7 Å². The Balaban J connectivity index is 2.00. The first-order valence-electron chi connectivity index (χ1n) is 8.61. The number of aryl methyl sites for hydroxylation is 2. The SMILES string of the molecule is Cn1cc(C(=O)Nc2c(OC(F)F)ccc(C(=O)Nc3nnnn3C)c2Cl)c(C(F)(F)F)n1. The normalized spacial score (nSPS) is 11.5. The molecule has 0 aliphatic heterocycles. The van der Waals surface area contributed by atoms with Crippen LogP contribution < -0.4 is 15.4 Å². The van der Waals surface area contributed by atoms with Crippen LogP contribution >= 0.6 is 11.6 Å². The molecule has 3 rings (SSSR count). The Morgan fingerprint density at radius 1 is 1.12 bits per heavy atom. The molecular weight excluding hydrogens is 483 g/mol. The molecule has 2 N–H and O–H groups in total. The molecule has 2 heterocycles. The monoisotopic (exact) mass is 494 g/mol. The fourth-order valence-electron chi connectivity index (χ4n) is 2.59. The van der Waals surface area contributed by atoms with Crippen molar-refractivity contribution in [3.8, 4) is 5.75 Å². The molecule has 0 fully saturated rings. The molecule has 33 heavy (non-hydrogen) atoms. The molecule has 17 heteroatoms. The third kappa shape index (κ3) is 5.16. The summed E-state index contributed by atoms with van der Waals surface area (Å²) in [5.74, 6) is -3.08. The van der Waals surface area contributed by atoms with E-state index >= 15 is 0 Å². The number of anilines is 2. The standard InChI is InChI=1S/C16H12ClF5N8O3/c1-29-5-7(11(26-29)16(20,21)22)13(32)23-10-8(33-14(18)19)4-3-6(9(10)17)12(31)24-15-25-27-28-30(15)2/h3-5,14H,1-2H3,(H,23,32)(H,24,25,28,31). The Morgan fingerprint density at radius 2 is 1.79 bits per heavy atom. The van der Waals surface area contributed by atoms with Gasteiger partial charge in [0.05, 0.1) is 16.1 Å². The number of nitrogens with zero attached hydrogens (tertiary/aromatic N) is 6. The molecular formula is C16H12ClF5N8O3. The molecule has 2 amide bonds. The van der Waals surface area contributed by atoms with Crippen LogP contribution in [0.2, 0.25) is 5.02 Å². The predicted molar refractivity (Wildman–Crippen MR) is 101 cm³/mol. The van der Waals surface area contributed by atoms with Gasteiger partial charge in [-0.2, -0.15) is 27.1 Å². The van der Waals surface area contributed by atoms with Crippen LogP contribution in [0.3, 0.4) is 0 Å². The van der Waals surface area contributed by atoms with Gasteiger partial charge in [0.2, 0.25) is 5.95 Å². The molecule has 0 spiro atoms. The summed E-state index contributed by atoms with van der Waals surface area (Å²) >= 11 is 6.14. The number of rotatable bonds is 6. The third-order valence-electron chi connectivity index (χ3n) is 3.99. The van der Waals surface area contributed by atoms with Crippen LogP contribution in [0, 0.1) is 0 Å². The lowest BCUT2D eigenvalue weighted by Gasteiger charge is -2.16. The van der Waals surface area contributed by atoms with Crippen molar-refractivity contribution in [3.05, 3.63) is 40.2 Å². The molecule has 1 aromatic carbocycles. The number of alkyl halides is 5. The number of amides is 2. The summed E-state index contributed by atoms with van der Waals surface area (Å²) < 4.78 is 71.4. The van der Waals surface area contributed by atoms with E-state index in [4.69, 9.17) is 11.6 Å². The Morgan fingerprint density at radius 3 is 2.36 bits per heavy atom. The molecule has 3 aromatic rings. The van der Waals surface area contributed by atoms with Crippen molar-refractivity contribution in [1.82, 2.24) is 30.0 Å². The molecule has 0 atom stereocenters. The Bertz CT molecular complexity index is 1210. The topological polar surface area (TPSA) is 129 Å². The van der Waals surface area contributed by atoms with Crippen LogP contribution in [-0.4, -0.2) is 48.4 Å². The number of benzene rings is 1. The maximum atomic E-state index is 13.2. The number of ether oxygens (including phenoxy) is 1. The minimum atomic E-state index is -4.98. The molecule has 0 saturated carbocycles. The molecule has 0 unspecified atom stereocenters. The number of aromatic nitrogens is 6. The van der Waals surface area contributed by atoms with E-state index in [1.54, 1.807) is 0 Å². The summed E-state index contributed by atoms with van der Waals surface area (Å²) in [5.41, 5.74) is -3.44. The van der Waals surface area contributed by atoms with Gasteiger partial charge < -0.3 is 10.1 Å². The fraction of sp³-hybridized carbons (Fsp3) is 0.250. The smallest absolute Gasteiger partial charge is 0.433 e. The molecule has 0 aliphatic carbocycles. The van der Waals surface area contributed by atoms with Crippen molar-refractivity contribution >= 4 is 35.1 Å². The fourth-order valence-corrected chi connectivity index (χ4v) is 2.88. The van der Waals surface area contributed by atoms with Crippen LogP contribution in [0.1, 0.15) is 26.4 Å². The summed E-state index contributed by atoms with van der Waals surface area (Å²) in [4.78, 5) is 25.1. The highest BCUT2D eigenvalue weighted by Crippen LogP contribution is 2.38. The molecule has 0 radical (unpaired) electrons. The van der Waals surface area contributed by atoms with E-state index in [9.17, 15) is 31.5 Å². The molecule has 0 aliphatic rings. The maximum absolute atomic E-state index is 13.2. The lowest BCUT2D eigenvalue weighted by molar-refractivity contribution is -0.141. The van der Waals surface area contributed by atoms with Crippen molar-refractivity contribution in [2.24, 2.45) is 14.1 Å². The Labute approximate surface area is 185 Å². The number of halogens is 6. The van der Waals surface area contributed by atoms with Gasteiger partial charge in [0, 0.05) is 20.3 Å². The Hall–Kier alpha value is -3.82. The Kier molecular flexibility index (Phi) is 6.48. The zero-order chi connectivity index (χ0) is 24.5. The second-order valence-corrected chi connectivity index (χ2v) is 6.65. The van der Waals surface area contributed by atoms with E-state index in [1.807, 2.05) is 5.32 Å². The van der Waals surface area contributed by atoms with E-state index in [-0.39, 0.29) is 11.5 Å². The van der Waals surface area contributed by atoms with Gasteiger partial charge in [-0.25, -0.2) is 4.68 Å². The maximum Gasteiger partial charge on any atom is 0.435 e. The van der Waals surface area contributed by atoms with E-state index in [2.05, 4.69) is 30.7 Å². The number of tetrazole rings is 1. The van der Waals surface area contributed by atoms with Crippen molar-refractivity contribution in [1.29, 1.82) is 0 Å². The first-order chi connectivity index (χ1) is 15.4. The third-order valence-corrected chi connectivity index (χ3v) is 4.38. The number of carbonyl (C=O) groups is 2. The average molecular weight is 495 g/mol. The van der Waals surface area contributed by atoms with Gasteiger partial charge in [0.25, 0.3) is 11.8 Å². The minimum Gasteiger partial charge on any atom is -0.433 e. The van der Waals surface area contributed by atoms with Crippen molar-refractivity contribution in [2.45, 2.75) is 12.8 Å². The van der Waals surface area contributed by atoms with Crippen molar-refractivity contribution in [3.63, 3.8) is 0 Å². The molecule has 0 saturated heterocycles. The van der Waals surface area contributed by atoms with E-state index in [0.29, 0.717) is 0 Å². The average Bonchev–Trinajstić information content (AvgIpc) is 3.29. The summed E-state index contributed by atoms with van der Waals surface area (Å²) in [6.45, 7) is -3.37. The zero-order valence-electron chi connectivity index (χ0n) is 16.5. The van der Waals surface area contributed by atoms with Gasteiger partial charge in [0.1, 0.15) is 5.69 Å². The lowest BCUT2D eigenvalue weighted by Crippen LogP contribution is -2.20. The zero-order valence-corrected chi connectivity index (χ0v) is 17.2. The van der Waals surface area contributed by atoms with Gasteiger partial charge in [-0.15, -0.1) is 0 Å². The summed E-state index contributed by atoms with van der Waals surface area (Å²) in [7, 11) is 2.56. The summed E-state index contributed by atoms with van der Waals surface area (Å²) in [5, 5.41) is 17.2. The van der Waals surface area contributed by atoms with E-state index < -0.39 is 52.3 Å². The van der Waals surface area contributed by atoms with Crippen molar-refractivity contribution in [2.75, 3.05) is 10.6 Å². The minimum absolute atomic E-state index is 0.0975. The van der Waals surface area contributed by atoms with Gasteiger partial charge in [0.15, 0.2) is 11.4 Å². The number of carbonyl (C=O) groups excluding carboxylic acids is 2. The van der Waals surface area contributed by atoms with Gasteiger partial charge in [-0.05, 0) is 22.6 Å². The highest BCUT2D eigenvalue weighted by molar-refractivity contribution is 6.38. The van der Waals surface area contributed by atoms with Crippen LogP contribution in [0.4, 0.5) is 33.6 Å². The lowest BCUT2D eigenvalue weighted by atomic mass is 10.1. The van der Waals surface area contributed by atoms with Crippen LogP contribution in [-0.2, 0) is 20.3 Å². The van der Waals surface area contributed by atoms with Crippen LogP contribution in [0.15, 0.2) is 18.3 Å². The van der Waals surface area contributed by atoms with Gasteiger partial charge >= 0.3 is 12.8 Å². The first kappa shape index (κ1) is 23.8. The summed E-state index contributed by atoms with van der Waals surface area (Å²) in [6, 6.07) is 1.88. The van der Waals surface area contributed by atoms with Crippen LogP contribution in [0.5, 0.6) is 5.75 Å².